The van der Waals surface area contributed by atoms with Crippen LogP contribution in [0.25, 0.3) is 11.0 Å². The number of fused-ring (bicyclic) bond motifs is 1. The minimum Gasteiger partial charge on any atom is -0.382 e. The zero-order chi connectivity index (χ0) is 44.5. The van der Waals surface area contributed by atoms with E-state index in [0.717, 1.165) is 101 Å². The van der Waals surface area contributed by atoms with Gasteiger partial charge in [-0.2, -0.15) is 4.98 Å². The van der Waals surface area contributed by atoms with Crippen LogP contribution in [0.1, 0.15) is 114 Å². The van der Waals surface area contributed by atoms with Crippen LogP contribution in [0.2, 0.25) is 5.02 Å². The molecule has 4 N–H and O–H groups in total. The fourth-order valence-electron chi connectivity index (χ4n) is 9.62. The smallest absolute Gasteiger partial charge is 0.263 e. The average molecular weight is 887 g/mol. The van der Waals surface area contributed by atoms with Crippen molar-refractivity contribution < 1.29 is 14.4 Å². The van der Waals surface area contributed by atoms with Crippen LogP contribution in [0.5, 0.6) is 0 Å². The lowest BCUT2D eigenvalue weighted by Crippen LogP contribution is -2.49. The molecule has 5 aromatic rings. The summed E-state index contributed by atoms with van der Waals surface area (Å²) in [6.07, 6.45) is 12.4. The second kappa shape index (κ2) is 18.7. The molecule has 1 aromatic carbocycles. The van der Waals surface area contributed by atoms with Crippen molar-refractivity contribution >= 4 is 69.2 Å². The second-order valence-electron chi connectivity index (χ2n) is 18.0. The number of carbonyl (C=O) groups is 3. The lowest BCUT2D eigenvalue weighted by atomic mass is 9.78. The number of nitrogens with zero attached hydrogens (tertiary/aromatic N) is 7. The van der Waals surface area contributed by atoms with Crippen LogP contribution in [0.4, 0.5) is 29.0 Å². The van der Waals surface area contributed by atoms with Gasteiger partial charge in [-0.25, -0.2) is 15.0 Å². The number of aromatic nitrogens is 5. The van der Waals surface area contributed by atoms with Gasteiger partial charge in [-0.3, -0.25) is 28.6 Å². The Morgan fingerprint density at radius 1 is 0.875 bits per heavy atom. The third kappa shape index (κ3) is 9.60. The summed E-state index contributed by atoms with van der Waals surface area (Å²) in [6.45, 7) is 9.33. The van der Waals surface area contributed by atoms with E-state index in [0.29, 0.717) is 75.4 Å². The Balaban J connectivity index is 0.705. The molecular formula is C48H56ClN11O4. The molecule has 64 heavy (non-hydrogen) atoms. The average Bonchev–Trinajstić information content (AvgIpc) is 3.97. The zero-order valence-corrected chi connectivity index (χ0v) is 37.5. The minimum atomic E-state index is -0.279. The predicted octanol–water partition coefficient (Wildman–Crippen LogP) is 7.56. The molecule has 0 bridgehead atoms. The highest BCUT2D eigenvalue weighted by molar-refractivity contribution is 6.31. The highest BCUT2D eigenvalue weighted by Gasteiger charge is 2.31. The number of hydrogen-bond acceptors (Lipinski definition) is 12. The Morgan fingerprint density at radius 2 is 1.64 bits per heavy atom. The first-order chi connectivity index (χ1) is 31.0. The Kier molecular flexibility index (Phi) is 12.6. The molecule has 9 rings (SSSR count). The number of piperazine rings is 1. The molecule has 0 unspecified atom stereocenters. The Bertz CT molecular complexity index is 2630. The molecule has 1 aliphatic heterocycles. The zero-order valence-electron chi connectivity index (χ0n) is 36.8. The number of halogens is 1. The third-order valence-corrected chi connectivity index (χ3v) is 13.6. The largest absolute Gasteiger partial charge is 0.382 e. The number of rotatable bonds is 15. The highest BCUT2D eigenvalue weighted by Crippen LogP contribution is 2.41. The van der Waals surface area contributed by atoms with Crippen LogP contribution in [-0.4, -0.2) is 92.3 Å². The van der Waals surface area contributed by atoms with Gasteiger partial charge in [0.1, 0.15) is 17.3 Å². The summed E-state index contributed by atoms with van der Waals surface area (Å²) in [6, 6.07) is 13.3. The summed E-state index contributed by atoms with van der Waals surface area (Å²) in [4.78, 5) is 75.5. The number of hydrogen-bond donors (Lipinski definition) is 4. The van der Waals surface area contributed by atoms with E-state index in [2.05, 4.69) is 48.0 Å². The molecule has 1 saturated heterocycles. The van der Waals surface area contributed by atoms with Gasteiger partial charge in [-0.05, 0) is 119 Å². The lowest BCUT2D eigenvalue weighted by Gasteiger charge is -2.37. The summed E-state index contributed by atoms with van der Waals surface area (Å²) >= 11 is 6.36. The van der Waals surface area contributed by atoms with Crippen molar-refractivity contribution in [3.8, 4) is 0 Å². The number of aryl methyl sites for hydroxylation is 2. The van der Waals surface area contributed by atoms with Gasteiger partial charge in [-0.1, -0.05) is 30.5 Å². The Labute approximate surface area is 377 Å². The number of anilines is 5. The molecule has 334 valence electrons. The number of ketones is 1. The predicted molar refractivity (Wildman–Crippen MR) is 250 cm³/mol. The number of carbonyl (C=O) groups excluding carboxylic acids is 3. The topological polar surface area (TPSA) is 179 Å². The van der Waals surface area contributed by atoms with Crippen molar-refractivity contribution in [2.75, 3.05) is 60.1 Å². The van der Waals surface area contributed by atoms with Crippen LogP contribution < -0.4 is 31.7 Å². The molecule has 3 aliphatic carbocycles. The SMILES string of the molecule is CC(=O)c1c(C)c2cnc(Nc3ccc(N4CCN(CC(=O)NCCC5CC(Nc6cc(Cl)ccc6C(=O)Nc6ccc(C)c(C7CC7)n6)C5)CC4)cn3)nc2n(C2CCCC2)c1=O. The first-order valence-corrected chi connectivity index (χ1v) is 23.1. The summed E-state index contributed by atoms with van der Waals surface area (Å²) in [5.74, 6) is 2.02. The molecule has 4 aliphatic rings. The summed E-state index contributed by atoms with van der Waals surface area (Å²) < 4.78 is 1.71. The van der Waals surface area contributed by atoms with Crippen molar-refractivity contribution in [1.82, 2.24) is 34.7 Å². The van der Waals surface area contributed by atoms with E-state index in [-0.39, 0.29) is 40.8 Å². The van der Waals surface area contributed by atoms with Crippen LogP contribution in [0.3, 0.4) is 0 Å². The quantitative estimate of drug-likeness (QED) is 0.0760. The van der Waals surface area contributed by atoms with Gasteiger partial charge in [-0.15, -0.1) is 0 Å². The number of amides is 2. The molecule has 15 nitrogen and oxygen atoms in total. The van der Waals surface area contributed by atoms with Crippen LogP contribution >= 0.6 is 11.6 Å². The molecule has 0 radical (unpaired) electrons. The summed E-state index contributed by atoms with van der Waals surface area (Å²) in [5, 5.41) is 14.1. The molecule has 16 heteroatoms. The van der Waals surface area contributed by atoms with Crippen molar-refractivity contribution in [2.24, 2.45) is 5.92 Å². The van der Waals surface area contributed by atoms with Gasteiger partial charge in [0.25, 0.3) is 11.5 Å². The van der Waals surface area contributed by atoms with E-state index in [9.17, 15) is 19.2 Å². The van der Waals surface area contributed by atoms with Gasteiger partial charge in [0, 0.05) is 78.7 Å². The van der Waals surface area contributed by atoms with E-state index in [1.807, 2.05) is 36.5 Å². The van der Waals surface area contributed by atoms with Crippen molar-refractivity contribution in [2.45, 2.75) is 96.6 Å². The molecular weight excluding hydrogens is 830 g/mol. The number of Topliss-reactive ketones (excluding diaryl/α,β-unsaturated/α-hetero) is 1. The van der Waals surface area contributed by atoms with Gasteiger partial charge in [0.15, 0.2) is 5.78 Å². The normalized spacial score (nSPS) is 19.0. The molecule has 5 heterocycles. The fourth-order valence-corrected chi connectivity index (χ4v) is 9.79. The standard InChI is InChI=1S/C48H56ClN11O4/c1-28-8-14-41(54-44(28)32-9-10-32)55-46(63)37-13-11-33(49)24-39(37)53-34-22-31(23-34)16-17-50-42(62)27-58-18-20-59(21-19-58)36-12-15-40(51-25-36)56-48-52-26-38-29(2)43(30(3)61)47(64)60(45(38)57-48)35-6-4-5-7-35/h8,11-15,24-26,31-32,34-35,53H,4-7,9-10,16-23,27H2,1-3H3,(H,50,62)(H,54,55,63)(H,51,52,56,57). The van der Waals surface area contributed by atoms with Crippen LogP contribution in [-0.2, 0) is 4.79 Å². The Morgan fingerprint density at radius 3 is 2.36 bits per heavy atom. The Hall–Kier alpha value is -5.93. The summed E-state index contributed by atoms with van der Waals surface area (Å²) in [7, 11) is 0. The molecule has 3 saturated carbocycles. The van der Waals surface area contributed by atoms with E-state index >= 15 is 0 Å². The maximum Gasteiger partial charge on any atom is 0.263 e. The summed E-state index contributed by atoms with van der Waals surface area (Å²) in [5.41, 5.74) is 5.53. The van der Waals surface area contributed by atoms with Gasteiger partial charge < -0.3 is 26.2 Å². The maximum atomic E-state index is 13.6. The maximum absolute atomic E-state index is 13.6. The minimum absolute atomic E-state index is 0.00265. The molecule has 4 aromatic heterocycles. The number of nitrogens with one attached hydrogen (secondary N) is 4. The first-order valence-electron chi connectivity index (χ1n) is 22.7. The van der Waals surface area contributed by atoms with Gasteiger partial charge in [0.2, 0.25) is 11.9 Å². The van der Waals surface area contributed by atoms with Crippen molar-refractivity contribution in [1.29, 1.82) is 0 Å². The lowest BCUT2D eigenvalue weighted by molar-refractivity contribution is -0.122. The monoisotopic (exact) mass is 885 g/mol. The van der Waals surface area contributed by atoms with E-state index in [1.54, 1.807) is 29.8 Å². The van der Waals surface area contributed by atoms with E-state index in [4.69, 9.17) is 21.6 Å². The van der Waals surface area contributed by atoms with Crippen LogP contribution in [0.15, 0.2) is 59.7 Å². The van der Waals surface area contributed by atoms with E-state index in [1.165, 1.54) is 6.92 Å². The molecule has 2 amide bonds. The van der Waals surface area contributed by atoms with Crippen molar-refractivity contribution in [3.05, 3.63) is 98.2 Å². The number of pyridine rings is 3. The van der Waals surface area contributed by atoms with E-state index < -0.39 is 0 Å². The van der Waals surface area contributed by atoms with Gasteiger partial charge in [0.05, 0.1) is 29.6 Å². The molecule has 4 fully saturated rings. The molecule has 0 atom stereocenters. The molecule has 0 spiro atoms. The van der Waals surface area contributed by atoms with Crippen molar-refractivity contribution in [3.63, 3.8) is 0 Å². The fraction of sp³-hybridized carbons (Fsp3) is 0.458. The van der Waals surface area contributed by atoms with Gasteiger partial charge >= 0.3 is 0 Å². The van der Waals surface area contributed by atoms with Crippen LogP contribution in [0, 0.1) is 19.8 Å². The third-order valence-electron chi connectivity index (χ3n) is 13.4. The highest BCUT2D eigenvalue weighted by atomic mass is 35.5. The first kappa shape index (κ1) is 43.3. The number of benzene rings is 1. The second-order valence-corrected chi connectivity index (χ2v) is 18.5.